The fraction of sp³-hybridized carbons (Fsp3) is 0.406. The summed E-state index contributed by atoms with van der Waals surface area (Å²) in [6.45, 7) is 10.5. The van der Waals surface area contributed by atoms with Gasteiger partial charge in [0.25, 0.3) is 5.91 Å². The summed E-state index contributed by atoms with van der Waals surface area (Å²) in [6, 6.07) is 21.1. The van der Waals surface area contributed by atoms with E-state index in [4.69, 9.17) is 0 Å². The van der Waals surface area contributed by atoms with Gasteiger partial charge in [0.1, 0.15) is 5.82 Å². The molecule has 39 heavy (non-hydrogen) atoms. The van der Waals surface area contributed by atoms with Crippen LogP contribution in [0.2, 0.25) is 0 Å². The third-order valence-corrected chi connectivity index (χ3v) is 7.98. The summed E-state index contributed by atoms with van der Waals surface area (Å²) in [4.78, 5) is 17.9. The van der Waals surface area contributed by atoms with Crippen molar-refractivity contribution >= 4 is 5.91 Å². The van der Waals surface area contributed by atoms with Crippen molar-refractivity contribution in [2.45, 2.75) is 19.6 Å². The molecule has 6 nitrogen and oxygen atoms in total. The number of carbonyl (C=O) groups excluding carboxylic acids is 1. The molecule has 2 heterocycles. The van der Waals surface area contributed by atoms with Crippen molar-refractivity contribution in [3.63, 3.8) is 0 Å². The quantitative estimate of drug-likeness (QED) is 0.436. The molecule has 0 bridgehead atoms. The highest BCUT2D eigenvalue weighted by molar-refractivity contribution is 5.94. The van der Waals surface area contributed by atoms with Crippen molar-refractivity contribution in [2.75, 3.05) is 66.5 Å². The average molecular weight is 531 g/mol. The lowest BCUT2D eigenvalue weighted by Crippen LogP contribution is -2.54. The van der Waals surface area contributed by atoms with Crippen LogP contribution in [0.4, 0.5) is 4.39 Å². The van der Waals surface area contributed by atoms with E-state index in [0.717, 1.165) is 86.6 Å². The predicted molar refractivity (Wildman–Crippen MR) is 155 cm³/mol. The number of carbonyl (C=O) groups is 1. The van der Waals surface area contributed by atoms with Gasteiger partial charge in [-0.05, 0) is 52.6 Å². The molecule has 7 heteroatoms. The number of nitrogens with one attached hydrogen (secondary N) is 2. The number of quaternary nitrogens is 1. The Kier molecular flexibility index (Phi) is 8.72. The van der Waals surface area contributed by atoms with Crippen LogP contribution >= 0.6 is 0 Å². The summed E-state index contributed by atoms with van der Waals surface area (Å²) in [5.74, 6) is -0.366. The Hall–Kier alpha value is -3.10. The molecule has 3 aromatic rings. The number of benzene rings is 3. The second-order valence-corrected chi connectivity index (χ2v) is 11.6. The molecule has 0 spiro atoms. The molecule has 2 aliphatic rings. The maximum Gasteiger partial charge on any atom is 0.251 e. The van der Waals surface area contributed by atoms with Crippen LogP contribution < -0.4 is 10.6 Å². The van der Waals surface area contributed by atoms with Crippen molar-refractivity contribution < 1.29 is 13.7 Å². The Balaban J connectivity index is 1.21. The molecule has 0 atom stereocenters. The third-order valence-electron chi connectivity index (χ3n) is 7.98. The van der Waals surface area contributed by atoms with Crippen molar-refractivity contribution in [1.29, 1.82) is 0 Å². The van der Waals surface area contributed by atoms with E-state index >= 15 is 0 Å². The first-order chi connectivity index (χ1) is 18.8. The SMILES string of the molecule is C[N+]1(C)CCN(Cc2cccc(C(=O)NCc3ccc(F)c(-c4cccc(CN5CCNCC5)c4)c3)c2)CC1. The van der Waals surface area contributed by atoms with E-state index < -0.39 is 0 Å². The Morgan fingerprint density at radius 1 is 0.846 bits per heavy atom. The highest BCUT2D eigenvalue weighted by atomic mass is 19.1. The minimum absolute atomic E-state index is 0.114. The van der Waals surface area contributed by atoms with Crippen molar-refractivity contribution in [3.05, 3.63) is 94.8 Å². The number of piperazine rings is 2. The van der Waals surface area contributed by atoms with Gasteiger partial charge in [0, 0.05) is 70.0 Å². The monoisotopic (exact) mass is 530 g/mol. The van der Waals surface area contributed by atoms with Crippen LogP contribution in [0.5, 0.6) is 0 Å². The number of nitrogens with zero attached hydrogens (tertiary/aromatic N) is 3. The zero-order valence-electron chi connectivity index (χ0n) is 23.3. The van der Waals surface area contributed by atoms with Gasteiger partial charge in [-0.1, -0.05) is 36.4 Å². The topological polar surface area (TPSA) is 47.6 Å². The van der Waals surface area contributed by atoms with Gasteiger partial charge in [-0.3, -0.25) is 14.6 Å². The molecule has 2 saturated heterocycles. The Morgan fingerprint density at radius 3 is 2.26 bits per heavy atom. The molecule has 5 rings (SSSR count). The molecule has 0 aliphatic carbocycles. The van der Waals surface area contributed by atoms with E-state index in [1.54, 1.807) is 6.07 Å². The van der Waals surface area contributed by atoms with Gasteiger partial charge in [-0.25, -0.2) is 4.39 Å². The zero-order chi connectivity index (χ0) is 27.2. The van der Waals surface area contributed by atoms with Crippen LogP contribution in [0.3, 0.4) is 0 Å². The van der Waals surface area contributed by atoms with Crippen LogP contribution in [0.1, 0.15) is 27.0 Å². The molecule has 2 N–H and O–H groups in total. The fourth-order valence-corrected chi connectivity index (χ4v) is 5.43. The van der Waals surface area contributed by atoms with Crippen LogP contribution in [0.25, 0.3) is 11.1 Å². The molecule has 0 radical (unpaired) electrons. The van der Waals surface area contributed by atoms with Crippen LogP contribution in [-0.2, 0) is 19.6 Å². The van der Waals surface area contributed by atoms with E-state index in [9.17, 15) is 9.18 Å². The third kappa shape index (κ3) is 7.51. The molecule has 0 saturated carbocycles. The fourth-order valence-electron chi connectivity index (χ4n) is 5.43. The molecule has 2 fully saturated rings. The lowest BCUT2D eigenvalue weighted by atomic mass is 10.00. The second kappa shape index (κ2) is 12.4. The maximum atomic E-state index is 14.9. The highest BCUT2D eigenvalue weighted by Gasteiger charge is 2.24. The average Bonchev–Trinajstić information content (AvgIpc) is 2.94. The van der Waals surface area contributed by atoms with E-state index in [-0.39, 0.29) is 11.7 Å². The lowest BCUT2D eigenvalue weighted by Gasteiger charge is -2.39. The molecule has 3 aromatic carbocycles. The summed E-state index contributed by atoms with van der Waals surface area (Å²) in [7, 11) is 4.55. The first kappa shape index (κ1) is 27.5. The minimum Gasteiger partial charge on any atom is -0.348 e. The van der Waals surface area contributed by atoms with Gasteiger partial charge in [0.15, 0.2) is 0 Å². The Morgan fingerprint density at radius 2 is 1.51 bits per heavy atom. The van der Waals surface area contributed by atoms with Gasteiger partial charge < -0.3 is 15.1 Å². The number of halogens is 1. The summed E-state index contributed by atoms with van der Waals surface area (Å²) in [5.41, 5.74) is 5.29. The van der Waals surface area contributed by atoms with Gasteiger partial charge in [0.05, 0.1) is 27.2 Å². The Bertz CT molecular complexity index is 1280. The molecule has 0 aromatic heterocycles. The predicted octanol–water partition coefficient (Wildman–Crippen LogP) is 3.72. The van der Waals surface area contributed by atoms with Gasteiger partial charge in [0.2, 0.25) is 0 Å². The van der Waals surface area contributed by atoms with E-state index in [0.29, 0.717) is 17.7 Å². The van der Waals surface area contributed by atoms with Gasteiger partial charge >= 0.3 is 0 Å². The molecule has 2 aliphatic heterocycles. The van der Waals surface area contributed by atoms with Crippen LogP contribution in [0, 0.1) is 5.82 Å². The van der Waals surface area contributed by atoms with E-state index in [2.05, 4.69) is 52.7 Å². The highest BCUT2D eigenvalue weighted by Crippen LogP contribution is 2.26. The molecule has 0 unspecified atom stereocenters. The van der Waals surface area contributed by atoms with Crippen molar-refractivity contribution in [3.8, 4) is 11.1 Å². The Labute approximate surface area is 232 Å². The molecule has 1 amide bonds. The molecule has 206 valence electrons. The van der Waals surface area contributed by atoms with Crippen molar-refractivity contribution in [1.82, 2.24) is 20.4 Å². The smallest absolute Gasteiger partial charge is 0.251 e. The van der Waals surface area contributed by atoms with Crippen LogP contribution in [0.15, 0.2) is 66.7 Å². The largest absolute Gasteiger partial charge is 0.348 e. The second-order valence-electron chi connectivity index (χ2n) is 11.6. The summed E-state index contributed by atoms with van der Waals surface area (Å²) in [6.07, 6.45) is 0. The number of hydrogen-bond donors (Lipinski definition) is 2. The number of hydrogen-bond acceptors (Lipinski definition) is 4. The minimum atomic E-state index is -0.253. The zero-order valence-corrected chi connectivity index (χ0v) is 23.3. The normalized spacial score (nSPS) is 18.1. The van der Waals surface area contributed by atoms with Gasteiger partial charge in [-0.15, -0.1) is 0 Å². The number of amides is 1. The molecular weight excluding hydrogens is 489 g/mol. The van der Waals surface area contributed by atoms with Gasteiger partial charge in [-0.2, -0.15) is 0 Å². The molecular formula is C32H41FN5O+. The first-order valence-electron chi connectivity index (χ1n) is 14.1. The first-order valence-corrected chi connectivity index (χ1v) is 14.1. The lowest BCUT2D eigenvalue weighted by molar-refractivity contribution is -0.894. The van der Waals surface area contributed by atoms with Crippen LogP contribution in [-0.4, -0.2) is 86.6 Å². The summed E-state index contributed by atoms with van der Waals surface area (Å²) >= 11 is 0. The number of rotatable bonds is 8. The van der Waals surface area contributed by atoms with E-state index in [1.165, 1.54) is 11.6 Å². The summed E-state index contributed by atoms with van der Waals surface area (Å²) in [5, 5.41) is 6.41. The standard InChI is InChI=1S/C32H40FN5O/c1-38(2)17-15-37(16-18-38)24-27-6-4-8-29(20-27)32(39)35-22-25-9-10-31(33)30(21-25)28-7-3-5-26(19-28)23-36-13-11-34-12-14-36/h3-10,19-21,34H,11-18,22-24H2,1-2H3/p+1. The van der Waals surface area contributed by atoms with Crippen molar-refractivity contribution in [2.24, 2.45) is 0 Å². The number of likely N-dealkylation sites (N-methyl/N-ethyl adjacent to an activating group) is 1. The maximum absolute atomic E-state index is 14.9. The summed E-state index contributed by atoms with van der Waals surface area (Å²) < 4.78 is 15.9. The van der Waals surface area contributed by atoms with E-state index in [1.807, 2.05) is 36.4 Å².